The van der Waals surface area contributed by atoms with Crippen molar-refractivity contribution < 1.29 is 24.1 Å². The van der Waals surface area contributed by atoms with Gasteiger partial charge in [0.15, 0.2) is 0 Å². The number of hydrogen-bond donors (Lipinski definition) is 1. The molecule has 4 aliphatic rings. The summed E-state index contributed by atoms with van der Waals surface area (Å²) in [4.78, 5) is 14.8. The third-order valence-corrected chi connectivity index (χ3v) is 10.1. The zero-order chi connectivity index (χ0) is 26.5. The standard InChI is InChI=1S/C32H36O5Se/c1-22-12-29(37-21-36-10-9-35-2)28(32-18-23-13-24(19-32)15-25(14-23)20-32)17-30(22)38-11-8-27(16-31(33)34)26-6-4-3-5-7-26/h3-7,12,16-17,23-25H,9-10,13-15,18-21H2,1-2H3,(H,33,34)/b27-16-. The molecule has 0 radical (unpaired) electrons. The normalized spacial score (nSPS) is 25.6. The van der Waals surface area contributed by atoms with Crippen molar-refractivity contribution >= 4 is 31.0 Å². The van der Waals surface area contributed by atoms with Gasteiger partial charge in [0.1, 0.15) is 0 Å². The quantitative estimate of drug-likeness (QED) is 0.142. The summed E-state index contributed by atoms with van der Waals surface area (Å²) < 4.78 is 18.3. The van der Waals surface area contributed by atoms with Gasteiger partial charge in [-0.05, 0) is 0 Å². The van der Waals surface area contributed by atoms with Gasteiger partial charge in [-0.25, -0.2) is 0 Å². The molecule has 5 nitrogen and oxygen atoms in total. The second-order valence-electron chi connectivity index (χ2n) is 11.1. The predicted molar refractivity (Wildman–Crippen MR) is 150 cm³/mol. The van der Waals surface area contributed by atoms with Crippen molar-refractivity contribution in [2.75, 3.05) is 27.1 Å². The maximum absolute atomic E-state index is 11.4. The molecule has 0 spiro atoms. The molecule has 6 heteroatoms. The number of benzene rings is 2. The number of ether oxygens (including phenoxy) is 3. The Bertz CT molecular complexity index is 1200. The number of aryl methyl sites for hydroxylation is 1. The molecule has 4 fully saturated rings. The topological polar surface area (TPSA) is 65.0 Å². The number of carbonyl (C=O) groups is 1. The summed E-state index contributed by atoms with van der Waals surface area (Å²) in [5.74, 6) is 5.62. The van der Waals surface area contributed by atoms with Crippen molar-refractivity contribution in [2.45, 2.75) is 50.9 Å². The fourth-order valence-electron chi connectivity index (χ4n) is 7.12. The molecule has 6 rings (SSSR count). The molecule has 4 bridgehead atoms. The Balaban J connectivity index is 1.44. The van der Waals surface area contributed by atoms with E-state index in [9.17, 15) is 9.90 Å². The molecule has 1 N–H and O–H groups in total. The van der Waals surface area contributed by atoms with Crippen molar-refractivity contribution in [1.82, 2.24) is 0 Å². The molecule has 0 aliphatic heterocycles. The van der Waals surface area contributed by atoms with E-state index in [1.165, 1.54) is 54.6 Å². The Labute approximate surface area is 232 Å². The van der Waals surface area contributed by atoms with E-state index in [4.69, 9.17) is 14.2 Å². The third kappa shape index (κ3) is 6.19. The van der Waals surface area contributed by atoms with Gasteiger partial charge in [0.05, 0.1) is 0 Å². The Morgan fingerprint density at radius 2 is 1.76 bits per heavy atom. The number of hydrogen-bond acceptors (Lipinski definition) is 4. The minimum atomic E-state index is -0.986. The Kier molecular flexibility index (Phi) is 8.60. The zero-order valence-corrected chi connectivity index (χ0v) is 23.9. The molecule has 0 heterocycles. The monoisotopic (exact) mass is 580 g/mol. The summed E-state index contributed by atoms with van der Waals surface area (Å²) in [6.07, 6.45) is 9.13. The van der Waals surface area contributed by atoms with Crippen molar-refractivity contribution in [3.8, 4) is 16.5 Å². The number of rotatable bonds is 10. The molecule has 4 saturated carbocycles. The second-order valence-corrected chi connectivity index (χ2v) is 12.8. The number of aliphatic carboxylic acids is 1. The van der Waals surface area contributed by atoms with Gasteiger partial charge in [-0.2, -0.15) is 0 Å². The molecule has 38 heavy (non-hydrogen) atoms. The van der Waals surface area contributed by atoms with Crippen LogP contribution in [0.15, 0.2) is 48.5 Å². The molecule has 2 aromatic rings. The molecule has 0 amide bonds. The van der Waals surface area contributed by atoms with Gasteiger partial charge in [-0.15, -0.1) is 0 Å². The molecule has 2 aromatic carbocycles. The molecular formula is C32H36O5Se. The number of carboxylic acids is 1. The van der Waals surface area contributed by atoms with Crippen LogP contribution in [-0.4, -0.2) is 53.1 Å². The summed E-state index contributed by atoms with van der Waals surface area (Å²) in [5, 5.41) is 9.37. The van der Waals surface area contributed by atoms with E-state index in [0.29, 0.717) is 18.8 Å². The average molecular weight is 580 g/mol. The van der Waals surface area contributed by atoms with Crippen LogP contribution in [0.2, 0.25) is 0 Å². The number of methoxy groups -OCH3 is 1. The summed E-state index contributed by atoms with van der Waals surface area (Å²) in [6, 6.07) is 14.1. The third-order valence-electron chi connectivity index (χ3n) is 8.32. The first kappa shape index (κ1) is 27.0. The summed E-state index contributed by atoms with van der Waals surface area (Å²) in [7, 11) is 1.67. The Morgan fingerprint density at radius 3 is 2.39 bits per heavy atom. The van der Waals surface area contributed by atoms with Gasteiger partial charge in [0, 0.05) is 0 Å². The van der Waals surface area contributed by atoms with Crippen LogP contribution in [0, 0.1) is 35.4 Å². The zero-order valence-electron chi connectivity index (χ0n) is 22.2. The van der Waals surface area contributed by atoms with Crippen LogP contribution in [0.5, 0.6) is 5.75 Å². The van der Waals surface area contributed by atoms with E-state index in [-0.39, 0.29) is 27.2 Å². The number of carboxylic acid groups (broad SMARTS) is 1. The van der Waals surface area contributed by atoms with E-state index in [1.807, 2.05) is 30.3 Å². The molecular weight excluding hydrogens is 543 g/mol. The summed E-state index contributed by atoms with van der Waals surface area (Å²) >= 11 is -0.124. The first-order valence-electron chi connectivity index (χ1n) is 13.5. The van der Waals surface area contributed by atoms with Crippen LogP contribution >= 0.6 is 0 Å². The average Bonchev–Trinajstić information content (AvgIpc) is 2.88. The van der Waals surface area contributed by atoms with Gasteiger partial charge in [-0.1, -0.05) is 0 Å². The first-order chi connectivity index (χ1) is 18.5. The SMILES string of the molecule is COCCOCOc1cc(C)c([Se]C#C/C(=C/C(=O)O)c2ccccc2)cc1C12CC3CC(CC(C3)C1)C2. The van der Waals surface area contributed by atoms with Crippen LogP contribution < -0.4 is 9.20 Å². The summed E-state index contributed by atoms with van der Waals surface area (Å²) in [5.41, 5.74) is 4.03. The van der Waals surface area contributed by atoms with Crippen molar-refractivity contribution in [1.29, 1.82) is 0 Å². The van der Waals surface area contributed by atoms with Crippen LogP contribution in [0.4, 0.5) is 0 Å². The minimum absolute atomic E-state index is 0.124. The van der Waals surface area contributed by atoms with Crippen LogP contribution in [-0.2, 0) is 19.7 Å². The second kappa shape index (κ2) is 12.1. The summed E-state index contributed by atoms with van der Waals surface area (Å²) in [6.45, 7) is 3.39. The van der Waals surface area contributed by atoms with Crippen LogP contribution in [0.1, 0.15) is 55.2 Å². The van der Waals surface area contributed by atoms with E-state index in [0.717, 1.165) is 34.6 Å². The molecule has 200 valence electrons. The molecule has 4 aliphatic carbocycles. The van der Waals surface area contributed by atoms with Crippen LogP contribution in [0.3, 0.4) is 0 Å². The van der Waals surface area contributed by atoms with E-state index in [1.54, 1.807) is 7.11 Å². The van der Waals surface area contributed by atoms with Gasteiger partial charge < -0.3 is 0 Å². The van der Waals surface area contributed by atoms with E-state index < -0.39 is 5.97 Å². The Hall–Kier alpha value is -2.55. The Morgan fingerprint density at radius 1 is 1.08 bits per heavy atom. The molecule has 0 saturated heterocycles. The molecule has 0 unspecified atom stereocenters. The van der Waals surface area contributed by atoms with Crippen molar-refractivity contribution in [3.63, 3.8) is 0 Å². The molecule has 0 aromatic heterocycles. The van der Waals surface area contributed by atoms with E-state index in [2.05, 4.69) is 29.8 Å². The van der Waals surface area contributed by atoms with Gasteiger partial charge >= 0.3 is 233 Å². The predicted octanol–water partition coefficient (Wildman–Crippen LogP) is 4.92. The fourth-order valence-corrected chi connectivity index (χ4v) is 8.52. The van der Waals surface area contributed by atoms with Gasteiger partial charge in [0.2, 0.25) is 0 Å². The maximum atomic E-state index is 11.4. The van der Waals surface area contributed by atoms with Crippen LogP contribution in [0.25, 0.3) is 5.57 Å². The van der Waals surface area contributed by atoms with E-state index >= 15 is 0 Å². The number of allylic oxidation sites excluding steroid dienone is 1. The van der Waals surface area contributed by atoms with Gasteiger partial charge in [-0.3, -0.25) is 0 Å². The fraction of sp³-hybridized carbons (Fsp3) is 0.469. The van der Waals surface area contributed by atoms with Crippen molar-refractivity contribution in [3.05, 3.63) is 65.2 Å². The molecule has 0 atom stereocenters. The first-order valence-corrected chi connectivity index (χ1v) is 15.2. The van der Waals surface area contributed by atoms with Crippen molar-refractivity contribution in [2.24, 2.45) is 17.8 Å². The van der Waals surface area contributed by atoms with Gasteiger partial charge in [0.25, 0.3) is 0 Å².